The zero-order chi connectivity index (χ0) is 15.5. The molecule has 3 rings (SSSR count). The van der Waals surface area contributed by atoms with Crippen LogP contribution in [0.15, 0.2) is 24.3 Å². The molecule has 0 spiro atoms. The number of likely N-dealkylation sites (tertiary alicyclic amines) is 1. The average Bonchev–Trinajstić information content (AvgIpc) is 3.09. The van der Waals surface area contributed by atoms with Gasteiger partial charge in [-0.05, 0) is 51.1 Å². The lowest BCUT2D eigenvalue weighted by Crippen LogP contribution is -2.18. The Hall–Kier alpha value is -1.43. The van der Waals surface area contributed by atoms with Crippen molar-refractivity contribution >= 4 is 34.5 Å². The lowest BCUT2D eigenvalue weighted by Gasteiger charge is -2.11. The molecule has 1 aliphatic heterocycles. The van der Waals surface area contributed by atoms with Crippen molar-refractivity contribution in [3.05, 3.63) is 44.9 Å². The van der Waals surface area contributed by atoms with E-state index in [1.165, 1.54) is 24.2 Å². The van der Waals surface area contributed by atoms with E-state index in [4.69, 9.17) is 11.6 Å². The van der Waals surface area contributed by atoms with Crippen molar-refractivity contribution in [3.8, 4) is 0 Å². The van der Waals surface area contributed by atoms with Crippen LogP contribution in [0.2, 0.25) is 5.02 Å². The number of halogens is 1. The third kappa shape index (κ3) is 3.66. The number of carbonyl (C=O) groups is 1. The molecule has 2 aromatic rings. The van der Waals surface area contributed by atoms with Gasteiger partial charge in [0, 0.05) is 10.7 Å². The zero-order valence-corrected chi connectivity index (χ0v) is 14.0. The van der Waals surface area contributed by atoms with Gasteiger partial charge in [0.1, 0.15) is 9.88 Å². The molecular formula is C16H18ClN3OS. The second-order valence-corrected chi connectivity index (χ2v) is 6.99. The third-order valence-corrected chi connectivity index (χ3v) is 5.06. The number of nitrogens with zero attached hydrogens (tertiary/aromatic N) is 2. The molecule has 0 atom stereocenters. The Morgan fingerprint density at radius 3 is 2.91 bits per heavy atom. The van der Waals surface area contributed by atoms with E-state index < -0.39 is 0 Å². The molecule has 0 aliphatic carbocycles. The maximum atomic E-state index is 12.4. The van der Waals surface area contributed by atoms with E-state index in [1.807, 2.05) is 19.1 Å². The molecule has 0 bridgehead atoms. The molecule has 1 aliphatic rings. The average molecular weight is 336 g/mol. The molecule has 1 amide bonds. The molecule has 2 heterocycles. The molecular weight excluding hydrogens is 318 g/mol. The standard InChI is InChI=1S/C16H18ClN3OS/c1-11-15(16(21)19-13-6-4-5-12(17)9-13)22-14(18-11)10-20-7-2-3-8-20/h4-6,9H,2-3,7-8,10H2,1H3,(H,19,21). The first-order valence-electron chi connectivity index (χ1n) is 7.37. The molecule has 4 nitrogen and oxygen atoms in total. The number of thiazole rings is 1. The molecule has 0 saturated carbocycles. The zero-order valence-electron chi connectivity index (χ0n) is 12.4. The smallest absolute Gasteiger partial charge is 0.267 e. The summed E-state index contributed by atoms with van der Waals surface area (Å²) in [4.78, 5) is 20.0. The number of amides is 1. The number of nitrogens with one attached hydrogen (secondary N) is 1. The minimum absolute atomic E-state index is 0.120. The topological polar surface area (TPSA) is 45.2 Å². The van der Waals surface area contributed by atoms with Crippen LogP contribution in [-0.2, 0) is 6.54 Å². The highest BCUT2D eigenvalue weighted by molar-refractivity contribution is 7.13. The van der Waals surface area contributed by atoms with E-state index in [0.717, 1.165) is 30.3 Å². The molecule has 0 radical (unpaired) electrons. The predicted octanol–water partition coefficient (Wildman–Crippen LogP) is 3.95. The molecule has 1 saturated heterocycles. The summed E-state index contributed by atoms with van der Waals surface area (Å²) < 4.78 is 0. The molecule has 1 N–H and O–H groups in total. The number of anilines is 1. The van der Waals surface area contributed by atoms with E-state index in [9.17, 15) is 4.79 Å². The second-order valence-electron chi connectivity index (χ2n) is 5.47. The number of rotatable bonds is 4. The number of aryl methyl sites for hydroxylation is 1. The lowest BCUT2D eigenvalue weighted by atomic mass is 10.3. The normalized spacial score (nSPS) is 15.2. The van der Waals surface area contributed by atoms with Crippen molar-refractivity contribution in [3.63, 3.8) is 0 Å². The van der Waals surface area contributed by atoms with Crippen molar-refractivity contribution in [2.24, 2.45) is 0 Å². The van der Waals surface area contributed by atoms with Crippen molar-refractivity contribution < 1.29 is 4.79 Å². The highest BCUT2D eigenvalue weighted by Gasteiger charge is 2.18. The molecule has 1 aromatic carbocycles. The maximum absolute atomic E-state index is 12.4. The second kappa shape index (κ2) is 6.77. The van der Waals surface area contributed by atoms with E-state index in [-0.39, 0.29) is 5.91 Å². The summed E-state index contributed by atoms with van der Waals surface area (Å²) in [6.07, 6.45) is 2.51. The highest BCUT2D eigenvalue weighted by Crippen LogP contribution is 2.23. The Morgan fingerprint density at radius 2 is 2.18 bits per heavy atom. The molecule has 116 valence electrons. The Kier molecular flexibility index (Phi) is 4.76. The van der Waals surface area contributed by atoms with E-state index in [2.05, 4.69) is 15.2 Å². The monoisotopic (exact) mass is 335 g/mol. The Morgan fingerprint density at radius 1 is 1.41 bits per heavy atom. The Bertz CT molecular complexity index is 680. The number of hydrogen-bond donors (Lipinski definition) is 1. The van der Waals surface area contributed by atoms with Crippen LogP contribution in [0.5, 0.6) is 0 Å². The van der Waals surface area contributed by atoms with Crippen LogP contribution in [0, 0.1) is 6.92 Å². The van der Waals surface area contributed by atoms with Gasteiger partial charge in [-0.3, -0.25) is 9.69 Å². The highest BCUT2D eigenvalue weighted by atomic mass is 35.5. The Balaban J connectivity index is 1.70. The van der Waals surface area contributed by atoms with Crippen LogP contribution in [0.25, 0.3) is 0 Å². The quantitative estimate of drug-likeness (QED) is 0.920. The van der Waals surface area contributed by atoms with Gasteiger partial charge in [0.25, 0.3) is 5.91 Å². The fraction of sp³-hybridized carbons (Fsp3) is 0.375. The summed E-state index contributed by atoms with van der Waals surface area (Å²) >= 11 is 7.42. The van der Waals surface area contributed by atoms with Gasteiger partial charge in [-0.1, -0.05) is 17.7 Å². The number of aromatic nitrogens is 1. The van der Waals surface area contributed by atoms with Crippen molar-refractivity contribution in [1.82, 2.24) is 9.88 Å². The van der Waals surface area contributed by atoms with Crippen molar-refractivity contribution in [2.45, 2.75) is 26.3 Å². The van der Waals surface area contributed by atoms with Crippen molar-refractivity contribution in [1.29, 1.82) is 0 Å². The van der Waals surface area contributed by atoms with Gasteiger partial charge in [-0.2, -0.15) is 0 Å². The van der Waals surface area contributed by atoms with Crippen LogP contribution in [-0.4, -0.2) is 28.9 Å². The van der Waals surface area contributed by atoms with Crippen LogP contribution in [0.3, 0.4) is 0 Å². The minimum Gasteiger partial charge on any atom is -0.321 e. The van der Waals surface area contributed by atoms with E-state index in [0.29, 0.717) is 15.6 Å². The summed E-state index contributed by atoms with van der Waals surface area (Å²) in [7, 11) is 0. The summed E-state index contributed by atoms with van der Waals surface area (Å²) in [6, 6.07) is 7.16. The summed E-state index contributed by atoms with van der Waals surface area (Å²) in [6.45, 7) is 4.98. The molecule has 1 aromatic heterocycles. The number of benzene rings is 1. The first kappa shape index (κ1) is 15.5. The van der Waals surface area contributed by atoms with Gasteiger partial charge in [0.05, 0.1) is 12.2 Å². The fourth-order valence-electron chi connectivity index (χ4n) is 2.62. The fourth-order valence-corrected chi connectivity index (χ4v) is 3.81. The third-order valence-electron chi connectivity index (χ3n) is 3.69. The Labute approximate surface area is 139 Å². The number of hydrogen-bond acceptors (Lipinski definition) is 4. The van der Waals surface area contributed by atoms with Gasteiger partial charge in [-0.15, -0.1) is 11.3 Å². The molecule has 1 fully saturated rings. The van der Waals surface area contributed by atoms with E-state index >= 15 is 0 Å². The number of carbonyl (C=O) groups excluding carboxylic acids is 1. The minimum atomic E-state index is -0.120. The van der Waals surface area contributed by atoms with Crippen LogP contribution < -0.4 is 5.32 Å². The summed E-state index contributed by atoms with van der Waals surface area (Å²) in [5.74, 6) is -0.120. The predicted molar refractivity (Wildman–Crippen MR) is 90.8 cm³/mol. The van der Waals surface area contributed by atoms with Crippen molar-refractivity contribution in [2.75, 3.05) is 18.4 Å². The molecule has 6 heteroatoms. The largest absolute Gasteiger partial charge is 0.321 e. The van der Waals surface area contributed by atoms with Crippen LogP contribution >= 0.6 is 22.9 Å². The maximum Gasteiger partial charge on any atom is 0.267 e. The van der Waals surface area contributed by atoms with Crippen LogP contribution in [0.1, 0.15) is 33.2 Å². The first-order chi connectivity index (χ1) is 10.6. The molecule has 22 heavy (non-hydrogen) atoms. The van der Waals surface area contributed by atoms with E-state index in [1.54, 1.807) is 12.1 Å². The lowest BCUT2D eigenvalue weighted by molar-refractivity contribution is 0.103. The summed E-state index contributed by atoms with van der Waals surface area (Å²) in [5, 5.41) is 4.50. The van der Waals surface area contributed by atoms with Gasteiger partial charge < -0.3 is 5.32 Å². The summed E-state index contributed by atoms with van der Waals surface area (Å²) in [5.41, 5.74) is 1.49. The van der Waals surface area contributed by atoms with Gasteiger partial charge in [-0.25, -0.2) is 4.98 Å². The molecule has 0 unspecified atom stereocenters. The van der Waals surface area contributed by atoms with Crippen LogP contribution in [0.4, 0.5) is 5.69 Å². The van der Waals surface area contributed by atoms with Gasteiger partial charge in [0.2, 0.25) is 0 Å². The SMILES string of the molecule is Cc1nc(CN2CCCC2)sc1C(=O)Nc1cccc(Cl)c1. The van der Waals surface area contributed by atoms with Gasteiger partial charge >= 0.3 is 0 Å². The van der Waals surface area contributed by atoms with Gasteiger partial charge in [0.15, 0.2) is 0 Å². The first-order valence-corrected chi connectivity index (χ1v) is 8.57.